The van der Waals surface area contributed by atoms with Gasteiger partial charge in [0.25, 0.3) is 0 Å². The minimum atomic E-state index is -1.19. The predicted molar refractivity (Wildman–Crippen MR) is 60.5 cm³/mol. The van der Waals surface area contributed by atoms with Crippen molar-refractivity contribution in [1.82, 2.24) is 0 Å². The summed E-state index contributed by atoms with van der Waals surface area (Å²) in [6.07, 6.45) is -0.904. The molecule has 0 saturated heterocycles. The van der Waals surface area contributed by atoms with Gasteiger partial charge >= 0.3 is 5.97 Å². The van der Waals surface area contributed by atoms with Gasteiger partial charge in [-0.05, 0) is 40.0 Å². The molecule has 0 saturated carbocycles. The Morgan fingerprint density at radius 2 is 2.19 bits per heavy atom. The lowest BCUT2D eigenvalue weighted by Crippen LogP contribution is -2.21. The first-order valence-corrected chi connectivity index (χ1v) is 5.62. The van der Waals surface area contributed by atoms with E-state index in [1.54, 1.807) is 6.92 Å². The van der Waals surface area contributed by atoms with Gasteiger partial charge in [0.1, 0.15) is 5.82 Å². The lowest BCUT2D eigenvalue weighted by atomic mass is 9.93. The van der Waals surface area contributed by atoms with Crippen LogP contribution in [0.15, 0.2) is 22.7 Å². The van der Waals surface area contributed by atoms with Crippen molar-refractivity contribution in [3.05, 3.63) is 34.1 Å². The highest BCUT2D eigenvalue weighted by molar-refractivity contribution is 9.10. The molecule has 5 heteroatoms. The van der Waals surface area contributed by atoms with Crippen molar-refractivity contribution in [3.63, 3.8) is 0 Å². The molecule has 0 aromatic heterocycles. The van der Waals surface area contributed by atoms with Gasteiger partial charge in [0.2, 0.25) is 0 Å². The average molecular weight is 291 g/mol. The van der Waals surface area contributed by atoms with Gasteiger partial charge in [-0.1, -0.05) is 13.0 Å². The number of hydrogen-bond acceptors (Lipinski definition) is 2. The van der Waals surface area contributed by atoms with Crippen molar-refractivity contribution < 1.29 is 19.4 Å². The molecule has 0 amide bonds. The molecule has 2 unspecified atom stereocenters. The van der Waals surface area contributed by atoms with E-state index in [0.29, 0.717) is 0 Å². The highest BCUT2D eigenvalue weighted by atomic mass is 79.9. The number of aliphatic hydroxyl groups is 1. The maximum atomic E-state index is 13.2. The van der Waals surface area contributed by atoms with Gasteiger partial charge in [0, 0.05) is 0 Å². The number of halogens is 2. The summed E-state index contributed by atoms with van der Waals surface area (Å²) in [6, 6.07) is 4.09. The third kappa shape index (κ3) is 2.80. The first kappa shape index (κ1) is 13.1. The summed E-state index contributed by atoms with van der Waals surface area (Å²) < 4.78 is 13.5. The number of hydrogen-bond donors (Lipinski definition) is 2. The molecule has 1 aromatic carbocycles. The maximum Gasteiger partial charge on any atom is 0.309 e. The van der Waals surface area contributed by atoms with Gasteiger partial charge in [-0.2, -0.15) is 0 Å². The first-order chi connectivity index (χ1) is 7.47. The standard InChI is InChI=1S/C11H12BrFO3/c1-2-7(11(15)16)10(14)6-3-4-8(12)9(13)5-6/h3-5,7,10,14H,2H2,1H3,(H,15,16). The van der Waals surface area contributed by atoms with Gasteiger partial charge in [-0.25, -0.2) is 4.39 Å². The maximum absolute atomic E-state index is 13.2. The quantitative estimate of drug-likeness (QED) is 0.896. The largest absolute Gasteiger partial charge is 0.481 e. The van der Waals surface area contributed by atoms with E-state index in [1.807, 2.05) is 0 Å². The molecular formula is C11H12BrFO3. The average Bonchev–Trinajstić information content (AvgIpc) is 2.22. The molecule has 0 aliphatic heterocycles. The van der Waals surface area contributed by atoms with Gasteiger partial charge in [0.05, 0.1) is 16.5 Å². The molecule has 88 valence electrons. The molecule has 1 rings (SSSR count). The molecule has 3 nitrogen and oxygen atoms in total. The Bertz CT molecular complexity index is 395. The normalized spacial score (nSPS) is 14.5. The Balaban J connectivity index is 2.99. The highest BCUT2D eigenvalue weighted by Crippen LogP contribution is 2.27. The molecule has 1 aromatic rings. The van der Waals surface area contributed by atoms with Crippen molar-refractivity contribution >= 4 is 21.9 Å². The lowest BCUT2D eigenvalue weighted by molar-refractivity contribution is -0.146. The number of rotatable bonds is 4. The molecule has 0 aliphatic carbocycles. The van der Waals surface area contributed by atoms with Crippen LogP contribution in [0.5, 0.6) is 0 Å². The zero-order valence-corrected chi connectivity index (χ0v) is 10.2. The Morgan fingerprint density at radius 1 is 1.56 bits per heavy atom. The zero-order chi connectivity index (χ0) is 12.3. The van der Waals surface area contributed by atoms with E-state index in [4.69, 9.17) is 5.11 Å². The number of carbonyl (C=O) groups is 1. The molecule has 0 heterocycles. The number of carboxylic acids is 1. The van der Waals surface area contributed by atoms with Crippen LogP contribution in [0.4, 0.5) is 4.39 Å². The molecule has 0 radical (unpaired) electrons. The lowest BCUT2D eigenvalue weighted by Gasteiger charge is -2.18. The minimum absolute atomic E-state index is 0.273. The van der Waals surface area contributed by atoms with Crippen LogP contribution in [0.2, 0.25) is 0 Å². The van der Waals surface area contributed by atoms with E-state index in [0.717, 1.165) is 6.07 Å². The van der Waals surface area contributed by atoms with E-state index >= 15 is 0 Å². The zero-order valence-electron chi connectivity index (χ0n) is 8.65. The van der Waals surface area contributed by atoms with Crippen LogP contribution in [-0.4, -0.2) is 16.2 Å². The summed E-state index contributed by atoms with van der Waals surface area (Å²) in [5.74, 6) is -2.52. The molecule has 16 heavy (non-hydrogen) atoms. The molecule has 2 N–H and O–H groups in total. The molecule has 0 bridgehead atoms. The third-order valence-corrected chi connectivity index (χ3v) is 3.07. The second-order valence-corrected chi connectivity index (χ2v) is 4.33. The Labute approximate surface area is 101 Å². The number of carboxylic acid groups (broad SMARTS) is 1. The van der Waals surface area contributed by atoms with E-state index in [9.17, 15) is 14.3 Å². The molecule has 0 fully saturated rings. The molecular weight excluding hydrogens is 279 g/mol. The van der Waals surface area contributed by atoms with Crippen LogP contribution in [-0.2, 0) is 4.79 Å². The summed E-state index contributed by atoms with van der Waals surface area (Å²) in [7, 11) is 0. The minimum Gasteiger partial charge on any atom is -0.481 e. The Morgan fingerprint density at radius 3 is 2.62 bits per heavy atom. The molecule has 0 aliphatic rings. The topological polar surface area (TPSA) is 57.5 Å². The molecule has 2 atom stereocenters. The van der Waals surface area contributed by atoms with E-state index in [2.05, 4.69) is 15.9 Å². The fourth-order valence-electron chi connectivity index (χ4n) is 1.46. The van der Waals surface area contributed by atoms with Crippen LogP contribution < -0.4 is 0 Å². The first-order valence-electron chi connectivity index (χ1n) is 4.83. The van der Waals surface area contributed by atoms with Crippen molar-refractivity contribution in [1.29, 1.82) is 0 Å². The van der Waals surface area contributed by atoms with Crippen LogP contribution >= 0.6 is 15.9 Å². The van der Waals surface area contributed by atoms with Crippen LogP contribution in [0.3, 0.4) is 0 Å². The predicted octanol–water partition coefficient (Wildman–Crippen LogP) is 2.73. The van der Waals surface area contributed by atoms with Crippen molar-refractivity contribution in [2.45, 2.75) is 19.4 Å². The van der Waals surface area contributed by atoms with Crippen molar-refractivity contribution in [3.8, 4) is 0 Å². The van der Waals surface area contributed by atoms with E-state index in [1.165, 1.54) is 12.1 Å². The van der Waals surface area contributed by atoms with E-state index in [-0.39, 0.29) is 16.5 Å². The summed E-state index contributed by atoms with van der Waals surface area (Å²) in [5, 5.41) is 18.7. The monoisotopic (exact) mass is 290 g/mol. The number of aliphatic hydroxyl groups excluding tert-OH is 1. The Kier molecular flexibility index (Phi) is 4.44. The van der Waals surface area contributed by atoms with Crippen molar-refractivity contribution in [2.75, 3.05) is 0 Å². The van der Waals surface area contributed by atoms with Gasteiger partial charge in [-0.15, -0.1) is 0 Å². The SMILES string of the molecule is CCC(C(=O)O)C(O)c1ccc(Br)c(F)c1. The van der Waals surface area contributed by atoms with Gasteiger partial charge in [-0.3, -0.25) is 4.79 Å². The summed E-state index contributed by atoms with van der Waals surface area (Å²) in [6.45, 7) is 1.66. The van der Waals surface area contributed by atoms with Crippen molar-refractivity contribution in [2.24, 2.45) is 5.92 Å². The highest BCUT2D eigenvalue weighted by Gasteiger charge is 2.26. The molecule has 0 spiro atoms. The van der Waals surface area contributed by atoms with E-state index < -0.39 is 23.8 Å². The summed E-state index contributed by atoms with van der Waals surface area (Å²) in [5.41, 5.74) is 0.273. The van der Waals surface area contributed by atoms with Gasteiger partial charge in [0.15, 0.2) is 0 Å². The summed E-state index contributed by atoms with van der Waals surface area (Å²) >= 11 is 2.99. The fourth-order valence-corrected chi connectivity index (χ4v) is 1.71. The van der Waals surface area contributed by atoms with Crippen LogP contribution in [0.25, 0.3) is 0 Å². The smallest absolute Gasteiger partial charge is 0.309 e. The Hall–Kier alpha value is -0.940. The summed E-state index contributed by atoms with van der Waals surface area (Å²) in [4.78, 5) is 10.8. The second-order valence-electron chi connectivity index (χ2n) is 3.47. The van der Waals surface area contributed by atoms with Crippen LogP contribution in [0, 0.1) is 11.7 Å². The van der Waals surface area contributed by atoms with Crippen LogP contribution in [0.1, 0.15) is 25.0 Å². The number of aliphatic carboxylic acids is 1. The number of benzene rings is 1. The third-order valence-electron chi connectivity index (χ3n) is 2.42. The second kappa shape index (κ2) is 5.41. The fraction of sp³-hybridized carbons (Fsp3) is 0.364. The van der Waals surface area contributed by atoms with Gasteiger partial charge < -0.3 is 10.2 Å².